The third-order valence-electron chi connectivity index (χ3n) is 3.30. The molecule has 6 heteroatoms. The SMILES string of the molecule is CCc1ccsc1CNC(=O)c1n[nH]c(C2CC2)n1. The molecular formula is C13H16N4OS. The van der Waals surface area contributed by atoms with Gasteiger partial charge in [-0.05, 0) is 36.3 Å². The Morgan fingerprint density at radius 3 is 3.16 bits per heavy atom. The minimum atomic E-state index is -0.210. The molecule has 1 fully saturated rings. The Hall–Kier alpha value is -1.69. The van der Waals surface area contributed by atoms with Crippen LogP contribution >= 0.6 is 11.3 Å². The predicted octanol–water partition coefficient (Wildman–Crippen LogP) is 2.24. The molecule has 0 atom stereocenters. The van der Waals surface area contributed by atoms with Gasteiger partial charge in [0.05, 0.1) is 6.54 Å². The first-order valence-electron chi connectivity index (χ1n) is 6.53. The van der Waals surface area contributed by atoms with Gasteiger partial charge in [-0.2, -0.15) is 0 Å². The van der Waals surface area contributed by atoms with Crippen molar-refractivity contribution in [2.75, 3.05) is 0 Å². The number of nitrogens with one attached hydrogen (secondary N) is 2. The van der Waals surface area contributed by atoms with Crippen LogP contribution in [0.1, 0.15) is 52.6 Å². The summed E-state index contributed by atoms with van der Waals surface area (Å²) in [7, 11) is 0. The van der Waals surface area contributed by atoms with E-state index in [9.17, 15) is 4.79 Å². The van der Waals surface area contributed by atoms with Gasteiger partial charge in [0.1, 0.15) is 5.82 Å². The molecule has 2 heterocycles. The average Bonchev–Trinajstić information content (AvgIpc) is 3.00. The largest absolute Gasteiger partial charge is 0.344 e. The van der Waals surface area contributed by atoms with Crippen molar-refractivity contribution in [3.05, 3.63) is 33.5 Å². The molecule has 3 rings (SSSR count). The highest BCUT2D eigenvalue weighted by Crippen LogP contribution is 2.37. The number of aromatic nitrogens is 3. The number of aryl methyl sites for hydroxylation is 1. The molecule has 0 unspecified atom stereocenters. The monoisotopic (exact) mass is 276 g/mol. The minimum absolute atomic E-state index is 0.210. The van der Waals surface area contributed by atoms with Crippen molar-refractivity contribution in [1.29, 1.82) is 0 Å². The van der Waals surface area contributed by atoms with Crippen LogP contribution in [0.15, 0.2) is 11.4 Å². The molecule has 0 saturated heterocycles. The molecule has 1 aliphatic carbocycles. The van der Waals surface area contributed by atoms with Gasteiger partial charge in [0, 0.05) is 10.8 Å². The van der Waals surface area contributed by atoms with Gasteiger partial charge in [0.15, 0.2) is 0 Å². The third kappa shape index (κ3) is 2.68. The quantitative estimate of drug-likeness (QED) is 0.879. The zero-order valence-electron chi connectivity index (χ0n) is 10.8. The number of carbonyl (C=O) groups excluding carboxylic acids is 1. The van der Waals surface area contributed by atoms with Crippen LogP contribution in [0.4, 0.5) is 0 Å². The molecule has 100 valence electrons. The second-order valence-electron chi connectivity index (χ2n) is 4.72. The third-order valence-corrected chi connectivity index (χ3v) is 4.26. The van der Waals surface area contributed by atoms with E-state index in [-0.39, 0.29) is 11.7 Å². The molecule has 2 aromatic heterocycles. The van der Waals surface area contributed by atoms with E-state index in [1.807, 2.05) is 0 Å². The van der Waals surface area contributed by atoms with Crippen LogP contribution in [0.5, 0.6) is 0 Å². The zero-order chi connectivity index (χ0) is 13.2. The molecule has 0 aliphatic heterocycles. The molecule has 0 bridgehead atoms. The lowest BCUT2D eigenvalue weighted by Crippen LogP contribution is -2.24. The fourth-order valence-electron chi connectivity index (χ4n) is 1.99. The summed E-state index contributed by atoms with van der Waals surface area (Å²) in [5, 5.41) is 11.7. The maximum atomic E-state index is 11.9. The Balaban J connectivity index is 1.61. The van der Waals surface area contributed by atoms with Crippen LogP contribution in [0, 0.1) is 0 Å². The first kappa shape index (κ1) is 12.3. The van der Waals surface area contributed by atoms with Gasteiger partial charge < -0.3 is 5.32 Å². The van der Waals surface area contributed by atoms with E-state index < -0.39 is 0 Å². The van der Waals surface area contributed by atoms with E-state index in [1.165, 1.54) is 10.4 Å². The molecule has 0 radical (unpaired) electrons. The molecule has 1 amide bonds. The topological polar surface area (TPSA) is 70.7 Å². The highest BCUT2D eigenvalue weighted by Gasteiger charge is 2.28. The highest BCUT2D eigenvalue weighted by molar-refractivity contribution is 7.10. The fraction of sp³-hybridized carbons (Fsp3) is 0.462. The van der Waals surface area contributed by atoms with Gasteiger partial charge in [-0.3, -0.25) is 9.89 Å². The number of H-pyrrole nitrogens is 1. The smallest absolute Gasteiger partial charge is 0.291 e. The number of nitrogens with zero attached hydrogens (tertiary/aromatic N) is 2. The summed E-state index contributed by atoms with van der Waals surface area (Å²) in [5.74, 6) is 1.36. The standard InChI is InChI=1S/C13H16N4OS/c1-2-8-5-6-19-10(8)7-14-13(18)12-15-11(16-17-12)9-3-4-9/h5-6,9H,2-4,7H2,1H3,(H,14,18)(H,15,16,17). The number of hydrogen-bond donors (Lipinski definition) is 2. The molecule has 2 aromatic rings. The fourth-order valence-corrected chi connectivity index (χ4v) is 2.91. The number of rotatable bonds is 5. The Morgan fingerprint density at radius 2 is 2.42 bits per heavy atom. The van der Waals surface area contributed by atoms with Crippen molar-refractivity contribution in [3.63, 3.8) is 0 Å². The van der Waals surface area contributed by atoms with Crippen LogP contribution in [0.25, 0.3) is 0 Å². The van der Waals surface area contributed by atoms with Crippen molar-refractivity contribution >= 4 is 17.2 Å². The molecule has 19 heavy (non-hydrogen) atoms. The summed E-state index contributed by atoms with van der Waals surface area (Å²) in [6, 6.07) is 2.10. The van der Waals surface area contributed by atoms with E-state index in [0.717, 1.165) is 25.1 Å². The molecular weight excluding hydrogens is 260 g/mol. The second kappa shape index (κ2) is 5.13. The van der Waals surface area contributed by atoms with Crippen LogP contribution in [-0.2, 0) is 13.0 Å². The molecule has 0 spiro atoms. The molecule has 1 aliphatic rings. The lowest BCUT2D eigenvalue weighted by molar-refractivity contribution is 0.0941. The number of carbonyl (C=O) groups is 1. The normalized spacial score (nSPS) is 14.6. The van der Waals surface area contributed by atoms with E-state index in [1.54, 1.807) is 11.3 Å². The van der Waals surface area contributed by atoms with Gasteiger partial charge in [-0.15, -0.1) is 16.4 Å². The maximum Gasteiger partial charge on any atom is 0.291 e. The van der Waals surface area contributed by atoms with Crippen LogP contribution in [0.3, 0.4) is 0 Å². The molecule has 5 nitrogen and oxygen atoms in total. The van der Waals surface area contributed by atoms with E-state index in [2.05, 4.69) is 38.9 Å². The van der Waals surface area contributed by atoms with Crippen molar-refractivity contribution < 1.29 is 4.79 Å². The van der Waals surface area contributed by atoms with Crippen molar-refractivity contribution in [2.24, 2.45) is 0 Å². The van der Waals surface area contributed by atoms with Crippen LogP contribution < -0.4 is 5.32 Å². The average molecular weight is 276 g/mol. The van der Waals surface area contributed by atoms with E-state index in [0.29, 0.717) is 12.5 Å². The van der Waals surface area contributed by atoms with Crippen molar-refractivity contribution in [2.45, 2.75) is 38.6 Å². The van der Waals surface area contributed by atoms with Crippen LogP contribution in [-0.4, -0.2) is 21.1 Å². The summed E-state index contributed by atoms with van der Waals surface area (Å²) in [6.45, 7) is 2.66. The van der Waals surface area contributed by atoms with Gasteiger partial charge in [0.2, 0.25) is 5.82 Å². The first-order valence-corrected chi connectivity index (χ1v) is 7.41. The molecule has 2 N–H and O–H groups in total. The minimum Gasteiger partial charge on any atom is -0.344 e. The Kier molecular flexibility index (Phi) is 3.33. The van der Waals surface area contributed by atoms with E-state index in [4.69, 9.17) is 0 Å². The summed E-state index contributed by atoms with van der Waals surface area (Å²) >= 11 is 1.67. The van der Waals surface area contributed by atoms with Crippen molar-refractivity contribution in [3.8, 4) is 0 Å². The lowest BCUT2D eigenvalue weighted by atomic mass is 10.2. The van der Waals surface area contributed by atoms with Crippen molar-refractivity contribution in [1.82, 2.24) is 20.5 Å². The first-order chi connectivity index (χ1) is 9.28. The molecule has 1 saturated carbocycles. The second-order valence-corrected chi connectivity index (χ2v) is 5.72. The number of amides is 1. The summed E-state index contributed by atoms with van der Waals surface area (Å²) in [5.41, 5.74) is 1.29. The van der Waals surface area contributed by atoms with Gasteiger partial charge in [-0.25, -0.2) is 4.98 Å². The Morgan fingerprint density at radius 1 is 1.58 bits per heavy atom. The lowest BCUT2D eigenvalue weighted by Gasteiger charge is -2.02. The summed E-state index contributed by atoms with van der Waals surface area (Å²) < 4.78 is 0. The molecule has 0 aromatic carbocycles. The number of aromatic amines is 1. The Labute approximate surface area is 115 Å². The van der Waals surface area contributed by atoms with Gasteiger partial charge >= 0.3 is 0 Å². The van der Waals surface area contributed by atoms with E-state index >= 15 is 0 Å². The van der Waals surface area contributed by atoms with Gasteiger partial charge in [0.25, 0.3) is 5.91 Å². The maximum absolute atomic E-state index is 11.9. The number of hydrogen-bond acceptors (Lipinski definition) is 4. The predicted molar refractivity (Wildman–Crippen MR) is 73.2 cm³/mol. The zero-order valence-corrected chi connectivity index (χ0v) is 11.6. The highest BCUT2D eigenvalue weighted by atomic mass is 32.1. The van der Waals surface area contributed by atoms with Gasteiger partial charge in [-0.1, -0.05) is 6.92 Å². The number of thiophene rings is 1. The Bertz CT molecular complexity index is 585. The summed E-state index contributed by atoms with van der Waals surface area (Å²) in [6.07, 6.45) is 3.28. The summed E-state index contributed by atoms with van der Waals surface area (Å²) in [4.78, 5) is 17.4. The van der Waals surface area contributed by atoms with Crippen LogP contribution in [0.2, 0.25) is 0 Å².